The van der Waals surface area contributed by atoms with Crippen LogP contribution in [-0.4, -0.2) is 29.6 Å². The predicted molar refractivity (Wildman–Crippen MR) is 85.2 cm³/mol. The predicted octanol–water partition coefficient (Wildman–Crippen LogP) is 1.78. The summed E-state index contributed by atoms with van der Waals surface area (Å²) >= 11 is 5.99. The Morgan fingerprint density at radius 3 is 2.78 bits per heavy atom. The Kier molecular flexibility index (Phi) is 5.33. The van der Waals surface area contributed by atoms with Gasteiger partial charge >= 0.3 is 5.97 Å². The van der Waals surface area contributed by atoms with Gasteiger partial charge in [-0.25, -0.2) is 10.2 Å². The van der Waals surface area contributed by atoms with E-state index in [2.05, 4.69) is 15.8 Å². The highest BCUT2D eigenvalue weighted by molar-refractivity contribution is 6.37. The van der Waals surface area contributed by atoms with Crippen LogP contribution in [0.2, 0.25) is 5.02 Å². The van der Waals surface area contributed by atoms with Gasteiger partial charge in [0.05, 0.1) is 0 Å². The Morgan fingerprint density at radius 2 is 2.13 bits per heavy atom. The molecule has 0 bridgehead atoms. The van der Waals surface area contributed by atoms with Crippen molar-refractivity contribution in [1.82, 2.24) is 5.43 Å². The van der Waals surface area contributed by atoms with Gasteiger partial charge in [0.2, 0.25) is 5.91 Å². The number of benzene rings is 1. The molecule has 2 rings (SSSR count). The SMILES string of the molecule is Cc1c(Cl)cccc1NC(=O)[C@@H](C)OC(=O)C1=NNC(=O)CC1. The Labute approximate surface area is 138 Å². The fourth-order valence-electron chi connectivity index (χ4n) is 1.88. The summed E-state index contributed by atoms with van der Waals surface area (Å²) < 4.78 is 5.06. The molecule has 1 aliphatic heterocycles. The third-order valence-corrected chi connectivity index (χ3v) is 3.73. The summed E-state index contributed by atoms with van der Waals surface area (Å²) in [7, 11) is 0. The molecule has 122 valence electrons. The fourth-order valence-corrected chi connectivity index (χ4v) is 2.06. The second kappa shape index (κ2) is 7.23. The quantitative estimate of drug-likeness (QED) is 0.818. The van der Waals surface area contributed by atoms with E-state index in [1.807, 2.05) is 0 Å². The Hall–Kier alpha value is -2.41. The van der Waals surface area contributed by atoms with Crippen molar-refractivity contribution >= 4 is 40.8 Å². The van der Waals surface area contributed by atoms with E-state index in [-0.39, 0.29) is 24.5 Å². The van der Waals surface area contributed by atoms with Crippen LogP contribution in [0, 0.1) is 6.92 Å². The molecule has 0 unspecified atom stereocenters. The highest BCUT2D eigenvalue weighted by Crippen LogP contribution is 2.23. The topological polar surface area (TPSA) is 96.9 Å². The minimum atomic E-state index is -1.01. The Morgan fingerprint density at radius 1 is 1.39 bits per heavy atom. The van der Waals surface area contributed by atoms with E-state index in [9.17, 15) is 14.4 Å². The van der Waals surface area contributed by atoms with E-state index in [0.717, 1.165) is 5.56 Å². The number of esters is 1. The van der Waals surface area contributed by atoms with Gasteiger partial charge in [0.25, 0.3) is 5.91 Å². The number of nitrogens with zero attached hydrogens (tertiary/aromatic N) is 1. The number of halogens is 1. The third-order valence-electron chi connectivity index (χ3n) is 3.32. The number of nitrogens with one attached hydrogen (secondary N) is 2. The number of rotatable bonds is 4. The molecule has 2 amide bonds. The van der Waals surface area contributed by atoms with Crippen molar-refractivity contribution < 1.29 is 19.1 Å². The van der Waals surface area contributed by atoms with Gasteiger partial charge in [0.1, 0.15) is 5.71 Å². The molecule has 0 spiro atoms. The van der Waals surface area contributed by atoms with Gasteiger partial charge in [-0.3, -0.25) is 9.59 Å². The first-order valence-electron chi connectivity index (χ1n) is 7.01. The molecule has 0 aliphatic carbocycles. The van der Waals surface area contributed by atoms with Gasteiger partial charge in [-0.1, -0.05) is 17.7 Å². The van der Waals surface area contributed by atoms with Crippen molar-refractivity contribution in [2.75, 3.05) is 5.32 Å². The van der Waals surface area contributed by atoms with E-state index >= 15 is 0 Å². The summed E-state index contributed by atoms with van der Waals surface area (Å²) in [6.07, 6.45) is -0.663. The van der Waals surface area contributed by atoms with Crippen molar-refractivity contribution in [1.29, 1.82) is 0 Å². The molecule has 1 aromatic rings. The zero-order valence-corrected chi connectivity index (χ0v) is 13.4. The first kappa shape index (κ1) is 17.0. The monoisotopic (exact) mass is 337 g/mol. The maximum atomic E-state index is 12.1. The molecule has 1 heterocycles. The molecular formula is C15H16ClN3O4. The molecule has 0 saturated heterocycles. The first-order valence-corrected chi connectivity index (χ1v) is 7.38. The highest BCUT2D eigenvalue weighted by atomic mass is 35.5. The van der Waals surface area contributed by atoms with Gasteiger partial charge in [-0.05, 0) is 31.5 Å². The lowest BCUT2D eigenvalue weighted by Crippen LogP contribution is -2.35. The smallest absolute Gasteiger partial charge is 0.355 e. The average molecular weight is 338 g/mol. The maximum absolute atomic E-state index is 12.1. The average Bonchev–Trinajstić information content (AvgIpc) is 2.52. The standard InChI is InChI=1S/C15H16ClN3O4/c1-8-10(16)4-3-5-11(8)17-14(21)9(2)23-15(22)12-6-7-13(20)19-18-12/h3-5,9H,6-7H2,1-2H3,(H,17,21)(H,19,20)/t9-/m1/s1. The molecule has 0 radical (unpaired) electrons. The van der Waals surface area contributed by atoms with Gasteiger partial charge in [-0.2, -0.15) is 5.10 Å². The van der Waals surface area contributed by atoms with Crippen molar-refractivity contribution in [3.05, 3.63) is 28.8 Å². The number of carbonyl (C=O) groups is 3. The molecule has 1 aliphatic rings. The van der Waals surface area contributed by atoms with E-state index in [0.29, 0.717) is 10.7 Å². The van der Waals surface area contributed by atoms with Crippen LogP contribution in [-0.2, 0) is 19.1 Å². The van der Waals surface area contributed by atoms with Crippen molar-refractivity contribution in [2.45, 2.75) is 32.8 Å². The number of amides is 2. The number of ether oxygens (including phenoxy) is 1. The summed E-state index contributed by atoms with van der Waals surface area (Å²) in [4.78, 5) is 35.0. The number of hydrazone groups is 1. The van der Waals surface area contributed by atoms with Crippen molar-refractivity contribution in [3.63, 3.8) is 0 Å². The molecule has 0 aromatic heterocycles. The number of hydrogen-bond acceptors (Lipinski definition) is 5. The lowest BCUT2D eigenvalue weighted by Gasteiger charge is -2.16. The molecular weight excluding hydrogens is 322 g/mol. The molecule has 0 saturated carbocycles. The van der Waals surface area contributed by atoms with Crippen LogP contribution in [0.5, 0.6) is 0 Å². The van der Waals surface area contributed by atoms with Gasteiger partial charge < -0.3 is 10.1 Å². The van der Waals surface area contributed by atoms with Crippen molar-refractivity contribution in [2.24, 2.45) is 5.10 Å². The third kappa shape index (κ3) is 4.29. The fraction of sp³-hybridized carbons (Fsp3) is 0.333. The van der Waals surface area contributed by atoms with E-state index in [1.54, 1.807) is 25.1 Å². The van der Waals surface area contributed by atoms with Crippen molar-refractivity contribution in [3.8, 4) is 0 Å². The van der Waals surface area contributed by atoms with Crippen LogP contribution in [0.4, 0.5) is 5.69 Å². The Bertz CT molecular complexity index is 687. The van der Waals surface area contributed by atoms with Gasteiger partial charge in [0, 0.05) is 23.6 Å². The van der Waals surface area contributed by atoms with Gasteiger partial charge in [-0.15, -0.1) is 0 Å². The summed E-state index contributed by atoms with van der Waals surface area (Å²) in [5, 5.41) is 6.81. The minimum absolute atomic E-state index is 0.0863. The zero-order valence-electron chi connectivity index (χ0n) is 12.7. The van der Waals surface area contributed by atoms with Crippen LogP contribution < -0.4 is 10.7 Å². The Balaban J connectivity index is 1.96. The molecule has 7 nitrogen and oxygen atoms in total. The molecule has 1 atom stereocenters. The summed E-state index contributed by atoms with van der Waals surface area (Å²) in [6, 6.07) is 5.13. The number of hydrogen-bond donors (Lipinski definition) is 2. The van der Waals surface area contributed by atoms with E-state index in [4.69, 9.17) is 16.3 Å². The second-order valence-corrected chi connectivity index (χ2v) is 5.45. The van der Waals surface area contributed by atoms with Crippen LogP contribution in [0.15, 0.2) is 23.3 Å². The maximum Gasteiger partial charge on any atom is 0.355 e. The highest BCUT2D eigenvalue weighted by Gasteiger charge is 2.24. The molecule has 0 fully saturated rings. The lowest BCUT2D eigenvalue weighted by molar-refractivity contribution is -0.146. The van der Waals surface area contributed by atoms with Gasteiger partial charge in [0.15, 0.2) is 6.10 Å². The van der Waals surface area contributed by atoms with E-state index < -0.39 is 18.0 Å². The summed E-state index contributed by atoms with van der Waals surface area (Å²) in [5.41, 5.74) is 3.56. The van der Waals surface area contributed by atoms with E-state index in [1.165, 1.54) is 6.92 Å². The van der Waals surface area contributed by atoms with Crippen LogP contribution in [0.1, 0.15) is 25.3 Å². The first-order chi connectivity index (χ1) is 10.9. The summed E-state index contributed by atoms with van der Waals surface area (Å²) in [5.74, 6) is -1.47. The molecule has 1 aromatic carbocycles. The van der Waals surface area contributed by atoms with Crippen LogP contribution in [0.3, 0.4) is 0 Å². The molecule has 23 heavy (non-hydrogen) atoms. The largest absolute Gasteiger partial charge is 0.448 e. The zero-order chi connectivity index (χ0) is 17.0. The minimum Gasteiger partial charge on any atom is -0.448 e. The van der Waals surface area contributed by atoms with Crippen LogP contribution >= 0.6 is 11.6 Å². The van der Waals surface area contributed by atoms with Crippen LogP contribution in [0.25, 0.3) is 0 Å². The second-order valence-electron chi connectivity index (χ2n) is 5.04. The molecule has 8 heteroatoms. The lowest BCUT2D eigenvalue weighted by atomic mass is 10.2. The summed E-state index contributed by atoms with van der Waals surface area (Å²) in [6.45, 7) is 3.23. The normalized spacial score (nSPS) is 15.3. The molecule has 2 N–H and O–H groups in total. The number of anilines is 1. The number of carbonyl (C=O) groups excluding carboxylic acids is 3.